The molecule has 3 aromatic heterocycles. The lowest BCUT2D eigenvalue weighted by Gasteiger charge is -2.26. The first-order valence-corrected chi connectivity index (χ1v) is 11.9. The number of hydrogen-bond acceptors (Lipinski definition) is 4. The van der Waals surface area contributed by atoms with Crippen LogP contribution < -0.4 is 11.2 Å². The molecule has 1 aromatic carbocycles. The Labute approximate surface area is 192 Å². The standard InChI is InChI=1S/C25H32N6O2/c1-17-18(2)31-21-22(26-24(31)30(17)19(3)20-11-7-5-8-12-20)27(4)25(33)29(23(21)32)16-15-28-13-9-6-10-14-28/h5,7-8,11-12,19H,6,9-10,13-16H2,1-4H3. The second-order valence-electron chi connectivity index (χ2n) is 9.25. The fraction of sp³-hybridized carbons (Fsp3) is 0.480. The molecule has 0 amide bonds. The molecule has 4 heterocycles. The van der Waals surface area contributed by atoms with E-state index >= 15 is 0 Å². The van der Waals surface area contributed by atoms with Crippen LogP contribution in [0.4, 0.5) is 0 Å². The summed E-state index contributed by atoms with van der Waals surface area (Å²) in [5, 5.41) is 0. The van der Waals surface area contributed by atoms with E-state index in [4.69, 9.17) is 4.98 Å². The number of fused-ring (bicyclic) bond motifs is 3. The van der Waals surface area contributed by atoms with Crippen LogP contribution in [0.5, 0.6) is 0 Å². The van der Waals surface area contributed by atoms with Crippen LogP contribution in [-0.4, -0.2) is 47.6 Å². The van der Waals surface area contributed by atoms with E-state index in [1.807, 2.05) is 29.5 Å². The van der Waals surface area contributed by atoms with E-state index < -0.39 is 0 Å². The molecule has 4 aromatic rings. The molecule has 0 aliphatic carbocycles. The number of hydrogen-bond donors (Lipinski definition) is 0. The summed E-state index contributed by atoms with van der Waals surface area (Å²) >= 11 is 0. The van der Waals surface area contributed by atoms with Crippen molar-refractivity contribution in [3.8, 4) is 0 Å². The minimum absolute atomic E-state index is 0.0394. The molecule has 0 N–H and O–H groups in total. The normalized spacial score (nSPS) is 16.1. The molecular weight excluding hydrogens is 416 g/mol. The van der Waals surface area contributed by atoms with Crippen LogP contribution in [0.1, 0.15) is 49.2 Å². The van der Waals surface area contributed by atoms with Crippen LogP contribution in [0.3, 0.4) is 0 Å². The summed E-state index contributed by atoms with van der Waals surface area (Å²) in [6.07, 6.45) is 3.62. The molecule has 5 rings (SSSR count). The molecule has 1 atom stereocenters. The molecule has 1 fully saturated rings. The van der Waals surface area contributed by atoms with Gasteiger partial charge < -0.3 is 9.47 Å². The number of rotatable bonds is 5. The zero-order valence-corrected chi connectivity index (χ0v) is 19.9. The van der Waals surface area contributed by atoms with Gasteiger partial charge in [-0.1, -0.05) is 36.8 Å². The number of benzene rings is 1. The van der Waals surface area contributed by atoms with Crippen LogP contribution in [0.15, 0.2) is 39.9 Å². The maximum Gasteiger partial charge on any atom is 0.332 e. The fourth-order valence-electron chi connectivity index (χ4n) is 5.24. The van der Waals surface area contributed by atoms with Gasteiger partial charge in [0, 0.05) is 31.5 Å². The van der Waals surface area contributed by atoms with Crippen molar-refractivity contribution in [3.05, 3.63) is 68.1 Å². The second kappa shape index (κ2) is 8.33. The monoisotopic (exact) mass is 448 g/mol. The van der Waals surface area contributed by atoms with Gasteiger partial charge >= 0.3 is 5.69 Å². The number of imidazole rings is 2. The Bertz CT molecular complexity index is 1430. The molecule has 8 heteroatoms. The van der Waals surface area contributed by atoms with Gasteiger partial charge in [0.25, 0.3) is 5.56 Å². The average molecular weight is 449 g/mol. The van der Waals surface area contributed by atoms with Crippen molar-refractivity contribution in [2.45, 2.75) is 52.6 Å². The van der Waals surface area contributed by atoms with Gasteiger partial charge in [-0.3, -0.25) is 18.3 Å². The van der Waals surface area contributed by atoms with Gasteiger partial charge in [0.15, 0.2) is 11.2 Å². The third-order valence-electron chi connectivity index (χ3n) is 7.32. The van der Waals surface area contributed by atoms with E-state index in [0.29, 0.717) is 30.0 Å². The Hall–Kier alpha value is -3.13. The molecule has 1 saturated heterocycles. The van der Waals surface area contributed by atoms with Gasteiger partial charge in [-0.2, -0.15) is 4.98 Å². The summed E-state index contributed by atoms with van der Waals surface area (Å²) in [5.41, 5.74) is 3.54. The third-order valence-corrected chi connectivity index (χ3v) is 7.32. The SMILES string of the molecule is Cc1c(C)n2c3c(=O)n(CCN4CCCCC4)c(=O)n(C)c3nc2n1C(C)c1ccccc1. The molecule has 174 valence electrons. The van der Waals surface area contributed by atoms with E-state index in [9.17, 15) is 9.59 Å². The fourth-order valence-corrected chi connectivity index (χ4v) is 5.24. The molecule has 0 spiro atoms. The number of piperidine rings is 1. The smallest absolute Gasteiger partial charge is 0.307 e. The van der Waals surface area contributed by atoms with Crippen molar-refractivity contribution in [1.82, 2.24) is 28.0 Å². The predicted octanol–water partition coefficient (Wildman–Crippen LogP) is 2.86. The summed E-state index contributed by atoms with van der Waals surface area (Å²) in [5.74, 6) is 0.692. The summed E-state index contributed by atoms with van der Waals surface area (Å²) < 4.78 is 7.00. The summed E-state index contributed by atoms with van der Waals surface area (Å²) in [4.78, 5) is 33.9. The Kier molecular flexibility index (Phi) is 5.48. The van der Waals surface area contributed by atoms with Gasteiger partial charge in [0.2, 0.25) is 5.78 Å². The van der Waals surface area contributed by atoms with Crippen LogP contribution >= 0.6 is 0 Å². The molecular formula is C25H32N6O2. The van der Waals surface area contributed by atoms with E-state index in [1.165, 1.54) is 28.4 Å². The van der Waals surface area contributed by atoms with E-state index in [2.05, 4.69) is 35.4 Å². The number of aryl methyl sites for hydroxylation is 2. The van der Waals surface area contributed by atoms with Crippen molar-refractivity contribution in [2.75, 3.05) is 19.6 Å². The summed E-state index contributed by atoms with van der Waals surface area (Å²) in [6, 6.07) is 10.3. The Morgan fingerprint density at radius 1 is 0.970 bits per heavy atom. The molecule has 1 aliphatic heterocycles. The van der Waals surface area contributed by atoms with Crippen LogP contribution in [0.25, 0.3) is 16.9 Å². The highest BCUT2D eigenvalue weighted by Crippen LogP contribution is 2.27. The predicted molar refractivity (Wildman–Crippen MR) is 130 cm³/mol. The molecule has 33 heavy (non-hydrogen) atoms. The maximum absolute atomic E-state index is 13.6. The first-order valence-electron chi connectivity index (χ1n) is 11.9. The van der Waals surface area contributed by atoms with Crippen molar-refractivity contribution in [3.63, 3.8) is 0 Å². The van der Waals surface area contributed by atoms with Crippen molar-refractivity contribution < 1.29 is 0 Å². The van der Waals surface area contributed by atoms with Crippen LogP contribution in [0.2, 0.25) is 0 Å². The van der Waals surface area contributed by atoms with Crippen LogP contribution in [0, 0.1) is 13.8 Å². The lowest BCUT2D eigenvalue weighted by Crippen LogP contribution is -2.43. The van der Waals surface area contributed by atoms with Gasteiger partial charge in [0.05, 0.1) is 6.04 Å². The van der Waals surface area contributed by atoms with E-state index in [-0.39, 0.29) is 17.3 Å². The van der Waals surface area contributed by atoms with Crippen molar-refractivity contribution >= 4 is 16.9 Å². The summed E-state index contributed by atoms with van der Waals surface area (Å²) in [6.45, 7) is 9.39. The summed E-state index contributed by atoms with van der Waals surface area (Å²) in [7, 11) is 1.71. The largest absolute Gasteiger partial charge is 0.332 e. The van der Waals surface area contributed by atoms with Crippen molar-refractivity contribution in [2.24, 2.45) is 7.05 Å². The van der Waals surface area contributed by atoms with Crippen molar-refractivity contribution in [1.29, 1.82) is 0 Å². The molecule has 0 bridgehead atoms. The highest BCUT2D eigenvalue weighted by Gasteiger charge is 2.25. The molecule has 8 nitrogen and oxygen atoms in total. The quantitative estimate of drug-likeness (QED) is 0.471. The highest BCUT2D eigenvalue weighted by atomic mass is 16.2. The Balaban J connectivity index is 1.67. The third kappa shape index (κ3) is 3.44. The number of aromatic nitrogens is 5. The van der Waals surface area contributed by atoms with Gasteiger partial charge in [-0.05, 0) is 52.3 Å². The first kappa shape index (κ1) is 21.7. The van der Waals surface area contributed by atoms with E-state index in [1.54, 1.807) is 7.05 Å². The van der Waals surface area contributed by atoms with Gasteiger partial charge in [-0.15, -0.1) is 0 Å². The minimum atomic E-state index is -0.303. The van der Waals surface area contributed by atoms with Crippen LogP contribution in [-0.2, 0) is 13.6 Å². The zero-order chi connectivity index (χ0) is 23.3. The Morgan fingerprint density at radius 3 is 2.36 bits per heavy atom. The van der Waals surface area contributed by atoms with Gasteiger partial charge in [0.1, 0.15) is 0 Å². The first-order chi connectivity index (χ1) is 15.9. The maximum atomic E-state index is 13.6. The lowest BCUT2D eigenvalue weighted by molar-refractivity contribution is 0.218. The topological polar surface area (TPSA) is 69.5 Å². The highest BCUT2D eigenvalue weighted by molar-refractivity contribution is 5.76. The molecule has 0 radical (unpaired) electrons. The molecule has 0 saturated carbocycles. The van der Waals surface area contributed by atoms with Gasteiger partial charge in [-0.25, -0.2) is 4.79 Å². The number of likely N-dealkylation sites (tertiary alicyclic amines) is 1. The number of nitrogens with zero attached hydrogens (tertiary/aromatic N) is 6. The zero-order valence-electron chi connectivity index (χ0n) is 19.9. The van der Waals surface area contributed by atoms with E-state index in [0.717, 1.165) is 30.0 Å². The second-order valence-corrected chi connectivity index (χ2v) is 9.25. The average Bonchev–Trinajstić information content (AvgIpc) is 3.33. The Morgan fingerprint density at radius 2 is 1.67 bits per heavy atom. The molecule has 1 unspecified atom stereocenters. The minimum Gasteiger partial charge on any atom is -0.307 e. The molecule has 1 aliphatic rings. The lowest BCUT2D eigenvalue weighted by atomic mass is 10.1.